The molecule has 5 heteroatoms. The SMILES string of the molecule is CCN(CC1CC(c2ccc(C)cc2)=NO1)C(=O)c1ccco1. The molecule has 0 bridgehead atoms. The third kappa shape index (κ3) is 3.44. The summed E-state index contributed by atoms with van der Waals surface area (Å²) in [5, 5.41) is 4.18. The molecule has 0 N–H and O–H groups in total. The summed E-state index contributed by atoms with van der Waals surface area (Å²) < 4.78 is 5.18. The van der Waals surface area contributed by atoms with Gasteiger partial charge in [0, 0.05) is 13.0 Å². The van der Waals surface area contributed by atoms with Crippen LogP contribution in [0.4, 0.5) is 0 Å². The standard InChI is InChI=1S/C18H20N2O3/c1-3-20(18(21)17-5-4-10-22-17)12-15-11-16(19-23-15)14-8-6-13(2)7-9-14/h4-10,15H,3,11-12H2,1-2H3. The second-order valence-electron chi connectivity index (χ2n) is 5.66. The lowest BCUT2D eigenvalue weighted by Crippen LogP contribution is -2.37. The topological polar surface area (TPSA) is 55.0 Å². The van der Waals surface area contributed by atoms with Gasteiger partial charge in [-0.15, -0.1) is 0 Å². The van der Waals surface area contributed by atoms with Gasteiger partial charge in [0.25, 0.3) is 5.91 Å². The van der Waals surface area contributed by atoms with E-state index < -0.39 is 0 Å². The summed E-state index contributed by atoms with van der Waals surface area (Å²) >= 11 is 0. The molecule has 1 atom stereocenters. The quantitative estimate of drug-likeness (QED) is 0.851. The molecule has 0 aliphatic carbocycles. The predicted molar refractivity (Wildman–Crippen MR) is 87.5 cm³/mol. The molecule has 1 unspecified atom stereocenters. The Morgan fingerprint density at radius 2 is 2.09 bits per heavy atom. The van der Waals surface area contributed by atoms with Crippen LogP contribution in [-0.4, -0.2) is 35.7 Å². The van der Waals surface area contributed by atoms with Crippen molar-refractivity contribution in [1.29, 1.82) is 0 Å². The van der Waals surface area contributed by atoms with Crippen molar-refractivity contribution >= 4 is 11.6 Å². The molecule has 1 aromatic heterocycles. The van der Waals surface area contributed by atoms with Crippen molar-refractivity contribution in [3.8, 4) is 0 Å². The van der Waals surface area contributed by atoms with Crippen molar-refractivity contribution in [2.45, 2.75) is 26.4 Å². The summed E-state index contributed by atoms with van der Waals surface area (Å²) in [7, 11) is 0. The summed E-state index contributed by atoms with van der Waals surface area (Å²) in [5.74, 6) is 0.231. The van der Waals surface area contributed by atoms with E-state index in [1.165, 1.54) is 11.8 Å². The lowest BCUT2D eigenvalue weighted by molar-refractivity contribution is 0.0418. The lowest BCUT2D eigenvalue weighted by Gasteiger charge is -2.22. The Hall–Kier alpha value is -2.56. The van der Waals surface area contributed by atoms with Crippen molar-refractivity contribution in [3.63, 3.8) is 0 Å². The van der Waals surface area contributed by atoms with Crippen LogP contribution in [-0.2, 0) is 4.84 Å². The van der Waals surface area contributed by atoms with E-state index in [-0.39, 0.29) is 12.0 Å². The Bertz CT molecular complexity index is 690. The third-order valence-corrected chi connectivity index (χ3v) is 3.94. The van der Waals surface area contributed by atoms with E-state index in [1.807, 2.05) is 19.1 Å². The van der Waals surface area contributed by atoms with E-state index in [0.29, 0.717) is 25.3 Å². The zero-order valence-electron chi connectivity index (χ0n) is 13.4. The predicted octanol–water partition coefficient (Wildman–Crippen LogP) is 3.24. The number of rotatable bonds is 5. The molecular formula is C18H20N2O3. The Kier molecular flexibility index (Phi) is 4.46. The second kappa shape index (κ2) is 6.69. The van der Waals surface area contributed by atoms with Gasteiger partial charge < -0.3 is 14.2 Å². The monoisotopic (exact) mass is 312 g/mol. The highest BCUT2D eigenvalue weighted by atomic mass is 16.6. The molecule has 2 heterocycles. The molecule has 0 radical (unpaired) electrons. The number of benzene rings is 1. The van der Waals surface area contributed by atoms with Gasteiger partial charge >= 0.3 is 0 Å². The number of oxime groups is 1. The molecule has 2 aromatic rings. The molecule has 1 aliphatic rings. The van der Waals surface area contributed by atoms with Crippen LogP contribution in [0.5, 0.6) is 0 Å². The van der Waals surface area contributed by atoms with Crippen LogP contribution in [0.25, 0.3) is 0 Å². The minimum atomic E-state index is -0.120. The second-order valence-corrected chi connectivity index (χ2v) is 5.66. The summed E-state index contributed by atoms with van der Waals surface area (Å²) in [4.78, 5) is 19.6. The molecule has 3 rings (SSSR count). The van der Waals surface area contributed by atoms with E-state index in [9.17, 15) is 4.79 Å². The number of carbonyl (C=O) groups excluding carboxylic acids is 1. The van der Waals surface area contributed by atoms with E-state index in [1.54, 1.807) is 17.0 Å². The van der Waals surface area contributed by atoms with Crippen molar-refractivity contribution in [2.24, 2.45) is 5.16 Å². The maximum absolute atomic E-state index is 12.4. The van der Waals surface area contributed by atoms with Gasteiger partial charge in [-0.2, -0.15) is 0 Å². The molecule has 1 amide bonds. The smallest absolute Gasteiger partial charge is 0.289 e. The van der Waals surface area contributed by atoms with Gasteiger partial charge in [0.1, 0.15) is 0 Å². The number of hydrogen-bond donors (Lipinski definition) is 0. The van der Waals surface area contributed by atoms with Crippen molar-refractivity contribution in [2.75, 3.05) is 13.1 Å². The van der Waals surface area contributed by atoms with Crippen LogP contribution in [0.1, 0.15) is 35.0 Å². The minimum absolute atomic E-state index is 0.120. The number of amides is 1. The average Bonchev–Trinajstić information content (AvgIpc) is 3.24. The molecule has 5 nitrogen and oxygen atoms in total. The van der Waals surface area contributed by atoms with Crippen LogP contribution in [0, 0.1) is 6.92 Å². The number of carbonyl (C=O) groups is 1. The minimum Gasteiger partial charge on any atom is -0.459 e. The van der Waals surface area contributed by atoms with Gasteiger partial charge in [0.2, 0.25) is 0 Å². The van der Waals surface area contributed by atoms with Crippen molar-refractivity contribution in [1.82, 2.24) is 4.90 Å². The summed E-state index contributed by atoms with van der Waals surface area (Å²) in [5.41, 5.74) is 3.21. The summed E-state index contributed by atoms with van der Waals surface area (Å²) in [6.07, 6.45) is 2.08. The molecular weight excluding hydrogens is 292 g/mol. The highest BCUT2D eigenvalue weighted by Gasteiger charge is 2.27. The largest absolute Gasteiger partial charge is 0.459 e. The van der Waals surface area contributed by atoms with Gasteiger partial charge in [-0.3, -0.25) is 4.79 Å². The highest BCUT2D eigenvalue weighted by Crippen LogP contribution is 2.19. The zero-order chi connectivity index (χ0) is 16.2. The molecule has 1 aromatic carbocycles. The molecule has 0 saturated carbocycles. The summed E-state index contributed by atoms with van der Waals surface area (Å²) in [6.45, 7) is 5.09. The number of nitrogens with zero attached hydrogens (tertiary/aromatic N) is 2. The zero-order valence-corrected chi connectivity index (χ0v) is 13.4. The number of aryl methyl sites for hydroxylation is 1. The summed E-state index contributed by atoms with van der Waals surface area (Å²) in [6, 6.07) is 11.6. The fourth-order valence-corrected chi connectivity index (χ4v) is 2.60. The van der Waals surface area contributed by atoms with E-state index in [4.69, 9.17) is 9.25 Å². The molecule has 23 heavy (non-hydrogen) atoms. The van der Waals surface area contributed by atoms with E-state index in [0.717, 1.165) is 11.3 Å². The van der Waals surface area contributed by atoms with E-state index >= 15 is 0 Å². The normalized spacial score (nSPS) is 16.8. The van der Waals surface area contributed by atoms with Gasteiger partial charge in [0.15, 0.2) is 11.9 Å². The van der Waals surface area contributed by atoms with Crippen LogP contribution in [0.2, 0.25) is 0 Å². The first-order valence-corrected chi connectivity index (χ1v) is 7.80. The third-order valence-electron chi connectivity index (χ3n) is 3.94. The Balaban J connectivity index is 1.61. The fourth-order valence-electron chi connectivity index (χ4n) is 2.60. The Morgan fingerprint density at radius 3 is 2.74 bits per heavy atom. The molecule has 1 aliphatic heterocycles. The fraction of sp³-hybridized carbons (Fsp3) is 0.333. The number of likely N-dealkylation sites (N-methyl/N-ethyl adjacent to an activating group) is 1. The highest BCUT2D eigenvalue weighted by molar-refractivity contribution is 6.01. The molecule has 0 fully saturated rings. The first-order chi connectivity index (χ1) is 11.2. The molecule has 0 spiro atoms. The Labute approximate surface area is 135 Å². The Morgan fingerprint density at radius 1 is 1.30 bits per heavy atom. The molecule has 0 saturated heterocycles. The lowest BCUT2D eigenvalue weighted by atomic mass is 10.0. The van der Waals surface area contributed by atoms with E-state index in [2.05, 4.69) is 24.2 Å². The van der Waals surface area contributed by atoms with Crippen LogP contribution < -0.4 is 0 Å². The maximum Gasteiger partial charge on any atom is 0.289 e. The van der Waals surface area contributed by atoms with Gasteiger partial charge in [-0.05, 0) is 31.5 Å². The first kappa shape index (κ1) is 15.3. The van der Waals surface area contributed by atoms with Crippen molar-refractivity contribution in [3.05, 3.63) is 59.5 Å². The van der Waals surface area contributed by atoms with Gasteiger partial charge in [-0.25, -0.2) is 0 Å². The first-order valence-electron chi connectivity index (χ1n) is 7.80. The van der Waals surface area contributed by atoms with Gasteiger partial charge in [0.05, 0.1) is 18.5 Å². The molecule has 120 valence electrons. The van der Waals surface area contributed by atoms with Crippen LogP contribution >= 0.6 is 0 Å². The number of furan rings is 1. The average molecular weight is 312 g/mol. The van der Waals surface area contributed by atoms with Crippen molar-refractivity contribution < 1.29 is 14.0 Å². The number of hydrogen-bond acceptors (Lipinski definition) is 4. The van der Waals surface area contributed by atoms with Crippen LogP contribution in [0.15, 0.2) is 52.2 Å². The van der Waals surface area contributed by atoms with Gasteiger partial charge in [-0.1, -0.05) is 35.0 Å². The van der Waals surface area contributed by atoms with Crippen LogP contribution in [0.3, 0.4) is 0 Å². The maximum atomic E-state index is 12.4.